The lowest BCUT2D eigenvalue weighted by Gasteiger charge is -2.25. The van der Waals surface area contributed by atoms with E-state index in [-0.39, 0.29) is 6.61 Å². The maximum Gasteiger partial charge on any atom is 0.141 e. The molecule has 1 aromatic rings. The lowest BCUT2D eigenvalue weighted by molar-refractivity contribution is 0.214. The number of rotatable bonds is 4. The van der Waals surface area contributed by atoms with Gasteiger partial charge in [0, 0.05) is 17.0 Å². The van der Waals surface area contributed by atoms with Crippen molar-refractivity contribution in [2.24, 2.45) is 0 Å². The topological polar surface area (TPSA) is 38.7 Å². The minimum absolute atomic E-state index is 0.0199. The molecule has 4 heteroatoms. The van der Waals surface area contributed by atoms with E-state index in [1.807, 2.05) is 13.8 Å². The van der Waals surface area contributed by atoms with E-state index in [9.17, 15) is 5.11 Å². The highest BCUT2D eigenvalue weighted by molar-refractivity contribution is 6.32. The molecule has 1 aromatic carbocycles. The number of benzene rings is 1. The number of ether oxygens (including phenoxy) is 2. The molecule has 0 saturated heterocycles. The van der Waals surface area contributed by atoms with Crippen molar-refractivity contribution < 1.29 is 14.6 Å². The molecule has 0 aromatic heterocycles. The van der Waals surface area contributed by atoms with Gasteiger partial charge in [0.15, 0.2) is 0 Å². The summed E-state index contributed by atoms with van der Waals surface area (Å²) < 4.78 is 10.4. The molecule has 1 rings (SSSR count). The number of methoxy groups -OCH3 is 2. The Kier molecular flexibility index (Phi) is 4.05. The second kappa shape index (κ2) is 4.93. The smallest absolute Gasteiger partial charge is 0.141 e. The van der Waals surface area contributed by atoms with E-state index in [0.717, 1.165) is 5.56 Å². The zero-order valence-corrected chi connectivity index (χ0v) is 10.8. The molecule has 0 atom stereocenters. The molecule has 0 radical (unpaired) electrons. The number of aliphatic hydroxyl groups excluding tert-OH is 1. The van der Waals surface area contributed by atoms with Crippen LogP contribution in [0.25, 0.3) is 0 Å². The quantitative estimate of drug-likeness (QED) is 0.885. The van der Waals surface area contributed by atoms with E-state index in [1.165, 1.54) is 0 Å². The minimum atomic E-state index is -0.402. The Morgan fingerprint density at radius 2 is 1.75 bits per heavy atom. The van der Waals surface area contributed by atoms with Gasteiger partial charge in [0.2, 0.25) is 0 Å². The van der Waals surface area contributed by atoms with Gasteiger partial charge in [0.1, 0.15) is 11.5 Å². The lowest BCUT2D eigenvalue weighted by atomic mass is 9.85. The monoisotopic (exact) mass is 244 g/mol. The predicted octanol–water partition coefficient (Wildman–Crippen LogP) is 2.63. The molecule has 0 aliphatic carbocycles. The average Bonchev–Trinajstić information content (AvgIpc) is 2.28. The molecule has 0 unspecified atom stereocenters. The van der Waals surface area contributed by atoms with Crippen molar-refractivity contribution in [2.75, 3.05) is 20.8 Å². The first-order valence-corrected chi connectivity index (χ1v) is 5.37. The van der Waals surface area contributed by atoms with Crippen molar-refractivity contribution in [1.29, 1.82) is 0 Å². The number of aliphatic hydroxyl groups is 1. The number of hydrogen-bond donors (Lipinski definition) is 1. The first-order valence-electron chi connectivity index (χ1n) is 4.99. The summed E-state index contributed by atoms with van der Waals surface area (Å²) in [5, 5.41) is 9.87. The maximum atomic E-state index is 9.35. The zero-order valence-electron chi connectivity index (χ0n) is 10.0. The van der Waals surface area contributed by atoms with Crippen LogP contribution < -0.4 is 9.47 Å². The van der Waals surface area contributed by atoms with Crippen molar-refractivity contribution in [3.63, 3.8) is 0 Å². The normalized spacial score (nSPS) is 11.4. The van der Waals surface area contributed by atoms with Gasteiger partial charge in [-0.2, -0.15) is 0 Å². The molecular formula is C12H17ClO3. The second-order valence-corrected chi connectivity index (χ2v) is 4.64. The molecule has 0 bridgehead atoms. The van der Waals surface area contributed by atoms with Gasteiger partial charge in [-0.05, 0) is 6.07 Å². The van der Waals surface area contributed by atoms with Crippen molar-refractivity contribution in [2.45, 2.75) is 19.3 Å². The SMILES string of the molecule is COc1cc(OC)c(C(C)(C)CO)cc1Cl. The third-order valence-electron chi connectivity index (χ3n) is 2.60. The Morgan fingerprint density at radius 1 is 1.19 bits per heavy atom. The van der Waals surface area contributed by atoms with E-state index in [1.54, 1.807) is 26.4 Å². The van der Waals surface area contributed by atoms with Gasteiger partial charge in [-0.1, -0.05) is 25.4 Å². The van der Waals surface area contributed by atoms with Gasteiger partial charge >= 0.3 is 0 Å². The van der Waals surface area contributed by atoms with Crippen LogP contribution in [-0.2, 0) is 5.41 Å². The summed E-state index contributed by atoms with van der Waals surface area (Å²) in [5.41, 5.74) is 0.463. The summed E-state index contributed by atoms with van der Waals surface area (Å²) in [4.78, 5) is 0. The van der Waals surface area contributed by atoms with Crippen LogP contribution in [0.5, 0.6) is 11.5 Å². The predicted molar refractivity (Wildman–Crippen MR) is 64.7 cm³/mol. The molecule has 0 spiro atoms. The molecular weight excluding hydrogens is 228 g/mol. The zero-order chi connectivity index (χ0) is 12.3. The maximum absolute atomic E-state index is 9.35. The van der Waals surface area contributed by atoms with Gasteiger partial charge in [-0.15, -0.1) is 0 Å². The van der Waals surface area contributed by atoms with Crippen LogP contribution in [0, 0.1) is 0 Å². The highest BCUT2D eigenvalue weighted by Gasteiger charge is 2.25. The van der Waals surface area contributed by atoms with Gasteiger partial charge < -0.3 is 14.6 Å². The molecule has 0 aliphatic heterocycles. The Labute approximate surface area is 101 Å². The highest BCUT2D eigenvalue weighted by Crippen LogP contribution is 2.38. The van der Waals surface area contributed by atoms with E-state index in [0.29, 0.717) is 16.5 Å². The molecule has 0 saturated carbocycles. The van der Waals surface area contributed by atoms with E-state index < -0.39 is 5.41 Å². The van der Waals surface area contributed by atoms with E-state index in [4.69, 9.17) is 21.1 Å². The van der Waals surface area contributed by atoms with Crippen molar-refractivity contribution >= 4 is 11.6 Å². The summed E-state index contributed by atoms with van der Waals surface area (Å²) in [7, 11) is 3.14. The van der Waals surface area contributed by atoms with Crippen molar-refractivity contribution in [1.82, 2.24) is 0 Å². The summed E-state index contributed by atoms with van der Waals surface area (Å²) in [6, 6.07) is 3.50. The molecule has 90 valence electrons. The molecule has 3 nitrogen and oxygen atoms in total. The van der Waals surface area contributed by atoms with Crippen LogP contribution in [0.2, 0.25) is 5.02 Å². The van der Waals surface area contributed by atoms with Gasteiger partial charge in [0.05, 0.1) is 25.8 Å². The molecule has 0 fully saturated rings. The third kappa shape index (κ3) is 2.42. The average molecular weight is 245 g/mol. The Bertz CT molecular complexity index is 375. The third-order valence-corrected chi connectivity index (χ3v) is 2.89. The first-order chi connectivity index (χ1) is 7.46. The standard InChI is InChI=1S/C12H17ClO3/c1-12(2,7-14)8-5-9(13)11(16-4)6-10(8)15-3/h5-6,14H,7H2,1-4H3. The summed E-state index contributed by atoms with van der Waals surface area (Å²) >= 11 is 6.06. The Hall–Kier alpha value is -0.930. The fourth-order valence-corrected chi connectivity index (χ4v) is 1.71. The van der Waals surface area contributed by atoms with Crippen LogP contribution in [0.1, 0.15) is 19.4 Å². The lowest BCUT2D eigenvalue weighted by Crippen LogP contribution is -2.23. The van der Waals surface area contributed by atoms with Crippen LogP contribution in [-0.4, -0.2) is 25.9 Å². The van der Waals surface area contributed by atoms with Gasteiger partial charge in [-0.3, -0.25) is 0 Å². The molecule has 0 amide bonds. The van der Waals surface area contributed by atoms with Gasteiger partial charge in [-0.25, -0.2) is 0 Å². The molecule has 1 N–H and O–H groups in total. The van der Waals surface area contributed by atoms with Crippen molar-refractivity contribution in [3.8, 4) is 11.5 Å². The van der Waals surface area contributed by atoms with Gasteiger partial charge in [0.25, 0.3) is 0 Å². The van der Waals surface area contributed by atoms with E-state index >= 15 is 0 Å². The molecule has 16 heavy (non-hydrogen) atoms. The van der Waals surface area contributed by atoms with E-state index in [2.05, 4.69) is 0 Å². The minimum Gasteiger partial charge on any atom is -0.496 e. The van der Waals surface area contributed by atoms with Crippen LogP contribution >= 0.6 is 11.6 Å². The molecule has 0 heterocycles. The number of hydrogen-bond acceptors (Lipinski definition) is 3. The second-order valence-electron chi connectivity index (χ2n) is 4.23. The Morgan fingerprint density at radius 3 is 2.19 bits per heavy atom. The molecule has 0 aliphatic rings. The van der Waals surface area contributed by atoms with Crippen LogP contribution in [0.3, 0.4) is 0 Å². The van der Waals surface area contributed by atoms with Crippen LogP contribution in [0.4, 0.5) is 0 Å². The summed E-state index contributed by atoms with van der Waals surface area (Å²) in [5.74, 6) is 1.23. The fraction of sp³-hybridized carbons (Fsp3) is 0.500. The first kappa shape index (κ1) is 13.1. The summed E-state index contributed by atoms with van der Waals surface area (Å²) in [6.45, 7) is 3.87. The summed E-state index contributed by atoms with van der Waals surface area (Å²) in [6.07, 6.45) is 0. The largest absolute Gasteiger partial charge is 0.496 e. The van der Waals surface area contributed by atoms with Crippen molar-refractivity contribution in [3.05, 3.63) is 22.7 Å². The Balaban J connectivity index is 3.34. The highest BCUT2D eigenvalue weighted by atomic mass is 35.5. The van der Waals surface area contributed by atoms with Crippen LogP contribution in [0.15, 0.2) is 12.1 Å². The number of halogens is 1. The fourth-order valence-electron chi connectivity index (χ4n) is 1.47.